The molecule has 6 nitrogen and oxygen atoms in total. The largest absolute Gasteiger partial charge is 0.289 e. The van der Waals surface area contributed by atoms with Crippen molar-refractivity contribution in [1.29, 1.82) is 0 Å². The number of carbonyl (C=O) groups is 1. The molecular formula is C18H18N4O2S. The van der Waals surface area contributed by atoms with Crippen molar-refractivity contribution in [3.05, 3.63) is 62.5 Å². The van der Waals surface area contributed by atoms with E-state index in [1.54, 1.807) is 6.21 Å². The summed E-state index contributed by atoms with van der Waals surface area (Å²) in [5, 5.41) is 4.51. The molecule has 0 bridgehead atoms. The second-order valence-electron chi connectivity index (χ2n) is 5.84. The third kappa shape index (κ3) is 3.66. The summed E-state index contributed by atoms with van der Waals surface area (Å²) < 4.78 is 1.30. The van der Waals surface area contributed by atoms with Gasteiger partial charge in [-0.3, -0.25) is 14.2 Å². The molecule has 25 heavy (non-hydrogen) atoms. The number of benzene rings is 1. The first-order chi connectivity index (χ1) is 12.0. The van der Waals surface area contributed by atoms with Crippen LogP contribution in [-0.4, -0.2) is 21.7 Å². The van der Waals surface area contributed by atoms with E-state index < -0.39 is 0 Å². The Bertz CT molecular complexity index is 1020. The molecule has 0 unspecified atom stereocenters. The fraction of sp³-hybridized carbons (Fsp3) is 0.222. The van der Waals surface area contributed by atoms with E-state index in [0.29, 0.717) is 10.2 Å². The molecule has 1 aromatic carbocycles. The molecule has 0 aliphatic rings. The number of nitrogens with zero attached hydrogens (tertiary/aromatic N) is 3. The lowest BCUT2D eigenvalue weighted by Crippen LogP contribution is -2.30. The van der Waals surface area contributed by atoms with Crippen molar-refractivity contribution in [2.24, 2.45) is 5.10 Å². The number of fused-ring (bicyclic) bond motifs is 1. The molecule has 3 aromatic rings. The highest BCUT2D eigenvalue weighted by atomic mass is 32.1. The van der Waals surface area contributed by atoms with Gasteiger partial charge in [0.25, 0.3) is 11.5 Å². The molecular weight excluding hydrogens is 336 g/mol. The first kappa shape index (κ1) is 17.0. The average molecular weight is 354 g/mol. The van der Waals surface area contributed by atoms with E-state index in [0.717, 1.165) is 21.6 Å². The van der Waals surface area contributed by atoms with Crippen molar-refractivity contribution in [1.82, 2.24) is 15.0 Å². The van der Waals surface area contributed by atoms with Gasteiger partial charge in [0.05, 0.1) is 17.9 Å². The van der Waals surface area contributed by atoms with Crippen molar-refractivity contribution >= 4 is 33.7 Å². The van der Waals surface area contributed by atoms with Gasteiger partial charge in [0.1, 0.15) is 11.4 Å². The number of hydrogen-bond acceptors (Lipinski definition) is 5. The first-order valence-corrected chi connectivity index (χ1v) is 8.61. The number of aryl methyl sites for hydroxylation is 3. The number of hydrazone groups is 1. The van der Waals surface area contributed by atoms with Gasteiger partial charge in [-0.1, -0.05) is 29.8 Å². The number of nitrogens with one attached hydrogen (secondary N) is 1. The van der Waals surface area contributed by atoms with E-state index in [4.69, 9.17) is 0 Å². The molecule has 1 N–H and O–H groups in total. The molecule has 0 radical (unpaired) electrons. The summed E-state index contributed by atoms with van der Waals surface area (Å²) in [5.74, 6) is -0.379. The maximum Gasteiger partial charge on any atom is 0.262 e. The zero-order valence-corrected chi connectivity index (χ0v) is 15.1. The molecule has 2 heterocycles. The van der Waals surface area contributed by atoms with Crippen LogP contribution in [0.3, 0.4) is 0 Å². The van der Waals surface area contributed by atoms with Crippen LogP contribution in [-0.2, 0) is 11.3 Å². The molecule has 0 saturated carbocycles. The summed E-state index contributed by atoms with van der Waals surface area (Å²) in [6.07, 6.45) is 2.97. The number of carbonyl (C=O) groups excluding carboxylic acids is 1. The van der Waals surface area contributed by atoms with Gasteiger partial charge in [0.2, 0.25) is 0 Å². The molecule has 0 saturated heterocycles. The maximum absolute atomic E-state index is 12.5. The predicted molar refractivity (Wildman–Crippen MR) is 100 cm³/mol. The quantitative estimate of drug-likeness (QED) is 0.578. The lowest BCUT2D eigenvalue weighted by atomic mass is 10.2. The van der Waals surface area contributed by atoms with E-state index in [1.807, 2.05) is 45.0 Å². The van der Waals surface area contributed by atoms with Gasteiger partial charge in [-0.15, -0.1) is 11.3 Å². The van der Waals surface area contributed by atoms with Crippen LogP contribution in [0.4, 0.5) is 0 Å². The number of amides is 1. The summed E-state index contributed by atoms with van der Waals surface area (Å²) in [6.45, 7) is 5.73. The number of aromatic nitrogens is 2. The Labute approximate surface area is 148 Å². The Hall–Kier alpha value is -2.80. The Kier molecular flexibility index (Phi) is 4.76. The minimum Gasteiger partial charge on any atom is -0.289 e. The van der Waals surface area contributed by atoms with E-state index in [2.05, 4.69) is 15.5 Å². The van der Waals surface area contributed by atoms with Crippen LogP contribution in [0.1, 0.15) is 21.6 Å². The highest BCUT2D eigenvalue weighted by Crippen LogP contribution is 2.25. The second-order valence-corrected chi connectivity index (χ2v) is 7.05. The third-order valence-electron chi connectivity index (χ3n) is 3.95. The van der Waals surface area contributed by atoms with Crippen molar-refractivity contribution in [2.75, 3.05) is 0 Å². The molecule has 0 fully saturated rings. The van der Waals surface area contributed by atoms with Gasteiger partial charge in [-0.25, -0.2) is 10.4 Å². The summed E-state index contributed by atoms with van der Waals surface area (Å²) in [6, 6.07) is 7.76. The standard InChI is InChI=1S/C18H18N4O2S/c1-11-4-6-14(7-5-11)8-20-21-15(23)9-22-10-19-17-16(18(22)24)12(2)13(3)25-17/h4-8,10H,9H2,1-3H3,(H,21,23)/b20-8+. The van der Waals surface area contributed by atoms with Crippen molar-refractivity contribution in [3.63, 3.8) is 0 Å². The number of hydrogen-bond donors (Lipinski definition) is 1. The van der Waals surface area contributed by atoms with Crippen LogP contribution in [0.15, 0.2) is 40.5 Å². The SMILES string of the molecule is Cc1ccc(/C=N/NC(=O)Cn2cnc3sc(C)c(C)c3c2=O)cc1. The van der Waals surface area contributed by atoms with Crippen LogP contribution in [0.25, 0.3) is 10.2 Å². The van der Waals surface area contributed by atoms with E-state index in [1.165, 1.54) is 22.2 Å². The summed E-state index contributed by atoms with van der Waals surface area (Å²) in [5.41, 5.74) is 5.19. The molecule has 0 spiro atoms. The van der Waals surface area contributed by atoms with Crippen LogP contribution in [0.2, 0.25) is 0 Å². The second kappa shape index (κ2) is 6.98. The molecule has 1 amide bonds. The van der Waals surface area contributed by atoms with Gasteiger partial charge in [-0.2, -0.15) is 5.10 Å². The van der Waals surface area contributed by atoms with Crippen LogP contribution in [0, 0.1) is 20.8 Å². The van der Waals surface area contributed by atoms with Gasteiger partial charge in [-0.05, 0) is 31.9 Å². The van der Waals surface area contributed by atoms with Crippen LogP contribution < -0.4 is 11.0 Å². The average Bonchev–Trinajstić information content (AvgIpc) is 2.87. The zero-order chi connectivity index (χ0) is 18.0. The summed E-state index contributed by atoms with van der Waals surface area (Å²) in [7, 11) is 0. The predicted octanol–water partition coefficient (Wildman–Crippen LogP) is 2.53. The Balaban J connectivity index is 1.71. The van der Waals surface area contributed by atoms with Gasteiger partial charge >= 0.3 is 0 Å². The number of thiophene rings is 1. The smallest absolute Gasteiger partial charge is 0.262 e. The van der Waals surface area contributed by atoms with Crippen LogP contribution in [0.5, 0.6) is 0 Å². The fourth-order valence-electron chi connectivity index (χ4n) is 2.40. The number of rotatable bonds is 4. The Morgan fingerprint density at radius 3 is 2.72 bits per heavy atom. The fourth-order valence-corrected chi connectivity index (χ4v) is 3.39. The molecule has 3 rings (SSSR count). The maximum atomic E-state index is 12.5. The zero-order valence-electron chi connectivity index (χ0n) is 14.2. The molecule has 128 valence electrons. The Morgan fingerprint density at radius 2 is 2.00 bits per heavy atom. The Morgan fingerprint density at radius 1 is 1.28 bits per heavy atom. The van der Waals surface area contributed by atoms with Gasteiger partial charge in [0, 0.05) is 4.88 Å². The van der Waals surface area contributed by atoms with Crippen molar-refractivity contribution in [2.45, 2.75) is 27.3 Å². The summed E-state index contributed by atoms with van der Waals surface area (Å²) >= 11 is 1.48. The lowest BCUT2D eigenvalue weighted by Gasteiger charge is -2.04. The lowest BCUT2D eigenvalue weighted by molar-refractivity contribution is -0.121. The van der Waals surface area contributed by atoms with Crippen molar-refractivity contribution in [3.8, 4) is 0 Å². The normalized spacial score (nSPS) is 11.3. The van der Waals surface area contributed by atoms with Crippen LogP contribution >= 0.6 is 11.3 Å². The highest BCUT2D eigenvalue weighted by Gasteiger charge is 2.13. The molecule has 0 aliphatic carbocycles. The minimum absolute atomic E-state index is 0.124. The van der Waals surface area contributed by atoms with Gasteiger partial charge < -0.3 is 0 Å². The molecule has 7 heteroatoms. The van der Waals surface area contributed by atoms with E-state index >= 15 is 0 Å². The highest BCUT2D eigenvalue weighted by molar-refractivity contribution is 7.18. The van der Waals surface area contributed by atoms with Gasteiger partial charge in [0.15, 0.2) is 0 Å². The van der Waals surface area contributed by atoms with Crippen molar-refractivity contribution < 1.29 is 4.79 Å². The topological polar surface area (TPSA) is 76.3 Å². The third-order valence-corrected chi connectivity index (χ3v) is 5.07. The molecule has 2 aromatic heterocycles. The van der Waals surface area contributed by atoms with E-state index in [-0.39, 0.29) is 18.0 Å². The molecule has 0 aliphatic heterocycles. The minimum atomic E-state index is -0.379. The van der Waals surface area contributed by atoms with E-state index in [9.17, 15) is 9.59 Å². The summed E-state index contributed by atoms with van der Waals surface area (Å²) in [4.78, 5) is 30.6. The first-order valence-electron chi connectivity index (χ1n) is 7.79. The monoisotopic (exact) mass is 354 g/mol. The molecule has 0 atom stereocenters.